The Balaban J connectivity index is 1.78. The van der Waals surface area contributed by atoms with E-state index in [1.807, 2.05) is 0 Å². The maximum absolute atomic E-state index is 3.73. The number of thioether (sulfide) groups is 1. The molecule has 0 spiro atoms. The van der Waals surface area contributed by atoms with Crippen LogP contribution in [-0.4, -0.2) is 23.1 Å². The summed E-state index contributed by atoms with van der Waals surface area (Å²) in [5.74, 6) is 1.97. The van der Waals surface area contributed by atoms with Gasteiger partial charge in [-0.05, 0) is 56.0 Å². The lowest BCUT2D eigenvalue weighted by molar-refractivity contribution is 0.364. The molecule has 0 aliphatic carbocycles. The van der Waals surface area contributed by atoms with Gasteiger partial charge in [0.05, 0.1) is 0 Å². The first-order valence-electron chi connectivity index (χ1n) is 7.44. The Morgan fingerprint density at radius 3 is 2.37 bits per heavy atom. The van der Waals surface area contributed by atoms with Gasteiger partial charge in [0.25, 0.3) is 0 Å². The standard InChI is InChI=1S/C17H27NS/c1-13(2)15-7-5-14(6-8-15)9-11-18-17(3,4)16-10-12-19-16/h5-8,13,16,18H,9-12H2,1-4H3. The maximum Gasteiger partial charge on any atom is 0.0244 e. The summed E-state index contributed by atoms with van der Waals surface area (Å²) in [7, 11) is 0. The highest BCUT2D eigenvalue weighted by atomic mass is 32.2. The fourth-order valence-electron chi connectivity index (χ4n) is 2.52. The van der Waals surface area contributed by atoms with Crippen LogP contribution in [0.4, 0.5) is 0 Å². The minimum Gasteiger partial charge on any atom is -0.310 e. The summed E-state index contributed by atoms with van der Waals surface area (Å²) in [5, 5.41) is 4.53. The van der Waals surface area contributed by atoms with Crippen molar-refractivity contribution in [2.24, 2.45) is 0 Å². The number of benzene rings is 1. The summed E-state index contributed by atoms with van der Waals surface area (Å²) in [6, 6.07) is 9.10. The van der Waals surface area contributed by atoms with Crippen LogP contribution in [0.25, 0.3) is 0 Å². The van der Waals surface area contributed by atoms with Crippen LogP contribution in [0.2, 0.25) is 0 Å². The van der Waals surface area contributed by atoms with Crippen molar-refractivity contribution < 1.29 is 0 Å². The van der Waals surface area contributed by atoms with Crippen molar-refractivity contribution in [3.63, 3.8) is 0 Å². The summed E-state index contributed by atoms with van der Waals surface area (Å²) in [4.78, 5) is 0. The molecule has 2 rings (SSSR count). The Morgan fingerprint density at radius 2 is 1.89 bits per heavy atom. The summed E-state index contributed by atoms with van der Waals surface area (Å²) >= 11 is 2.10. The van der Waals surface area contributed by atoms with Crippen LogP contribution in [0.3, 0.4) is 0 Å². The smallest absolute Gasteiger partial charge is 0.0244 e. The Bertz CT molecular complexity index is 390. The molecule has 1 saturated heterocycles. The number of hydrogen-bond donors (Lipinski definition) is 1. The third kappa shape index (κ3) is 4.00. The second-order valence-corrected chi connectivity index (χ2v) is 7.75. The first-order chi connectivity index (χ1) is 8.99. The lowest BCUT2D eigenvalue weighted by atomic mass is 9.96. The van der Waals surface area contributed by atoms with Gasteiger partial charge in [0.2, 0.25) is 0 Å². The van der Waals surface area contributed by atoms with Crippen LogP contribution >= 0.6 is 11.8 Å². The Labute approximate surface area is 122 Å². The monoisotopic (exact) mass is 277 g/mol. The summed E-state index contributed by atoms with van der Waals surface area (Å²) < 4.78 is 0. The Morgan fingerprint density at radius 1 is 1.26 bits per heavy atom. The molecule has 19 heavy (non-hydrogen) atoms. The SMILES string of the molecule is CC(C)c1ccc(CCNC(C)(C)C2CCS2)cc1. The van der Waals surface area contributed by atoms with Crippen LogP contribution in [0.5, 0.6) is 0 Å². The van der Waals surface area contributed by atoms with E-state index in [0.29, 0.717) is 5.92 Å². The van der Waals surface area contributed by atoms with E-state index in [4.69, 9.17) is 0 Å². The van der Waals surface area contributed by atoms with Gasteiger partial charge in [0.15, 0.2) is 0 Å². The van der Waals surface area contributed by atoms with E-state index in [1.165, 1.54) is 23.3 Å². The number of hydrogen-bond acceptors (Lipinski definition) is 2. The van der Waals surface area contributed by atoms with Crippen LogP contribution in [0, 0.1) is 0 Å². The normalized spacial score (nSPS) is 19.5. The Hall–Kier alpha value is -0.470. The zero-order chi connectivity index (χ0) is 13.9. The fraction of sp³-hybridized carbons (Fsp3) is 0.647. The first-order valence-corrected chi connectivity index (χ1v) is 8.49. The fourth-order valence-corrected chi connectivity index (χ4v) is 3.49. The third-order valence-corrected chi connectivity index (χ3v) is 5.84. The molecule has 1 atom stereocenters. The molecule has 106 valence electrons. The molecule has 1 aliphatic rings. The molecule has 1 aromatic rings. The zero-order valence-electron chi connectivity index (χ0n) is 12.7. The van der Waals surface area contributed by atoms with E-state index >= 15 is 0 Å². The highest BCUT2D eigenvalue weighted by molar-refractivity contribution is 8.01. The molecule has 0 radical (unpaired) electrons. The molecule has 1 nitrogen and oxygen atoms in total. The van der Waals surface area contributed by atoms with Crippen LogP contribution in [0.15, 0.2) is 24.3 Å². The van der Waals surface area contributed by atoms with Gasteiger partial charge in [-0.25, -0.2) is 0 Å². The molecule has 1 fully saturated rings. The van der Waals surface area contributed by atoms with Crippen molar-refractivity contribution in [3.8, 4) is 0 Å². The van der Waals surface area contributed by atoms with Crippen molar-refractivity contribution in [3.05, 3.63) is 35.4 Å². The van der Waals surface area contributed by atoms with Crippen molar-refractivity contribution in [2.45, 2.75) is 57.2 Å². The molecule has 1 unspecified atom stereocenters. The van der Waals surface area contributed by atoms with Gasteiger partial charge >= 0.3 is 0 Å². The number of rotatable bonds is 6. The van der Waals surface area contributed by atoms with E-state index in [1.54, 1.807) is 0 Å². The zero-order valence-corrected chi connectivity index (χ0v) is 13.5. The van der Waals surface area contributed by atoms with Crippen molar-refractivity contribution in [2.75, 3.05) is 12.3 Å². The van der Waals surface area contributed by atoms with E-state index < -0.39 is 0 Å². The van der Waals surface area contributed by atoms with Gasteiger partial charge in [-0.3, -0.25) is 0 Å². The van der Waals surface area contributed by atoms with Gasteiger partial charge in [-0.15, -0.1) is 0 Å². The molecule has 2 heteroatoms. The second-order valence-electron chi connectivity index (χ2n) is 6.44. The maximum atomic E-state index is 3.73. The van der Waals surface area contributed by atoms with Crippen LogP contribution in [0.1, 0.15) is 51.2 Å². The lowest BCUT2D eigenvalue weighted by Crippen LogP contribution is -2.51. The predicted molar refractivity (Wildman–Crippen MR) is 87.2 cm³/mol. The van der Waals surface area contributed by atoms with Gasteiger partial charge in [0.1, 0.15) is 0 Å². The summed E-state index contributed by atoms with van der Waals surface area (Å²) in [6.07, 6.45) is 2.49. The predicted octanol–water partition coefficient (Wildman–Crippen LogP) is 4.23. The van der Waals surface area contributed by atoms with Crippen molar-refractivity contribution >= 4 is 11.8 Å². The average molecular weight is 277 g/mol. The largest absolute Gasteiger partial charge is 0.310 e. The van der Waals surface area contributed by atoms with E-state index in [9.17, 15) is 0 Å². The van der Waals surface area contributed by atoms with E-state index in [2.05, 4.69) is 69.0 Å². The highest BCUT2D eigenvalue weighted by Gasteiger charge is 2.33. The first kappa shape index (κ1) is 14.9. The quantitative estimate of drug-likeness (QED) is 0.835. The molecule has 0 saturated carbocycles. The average Bonchev–Trinajstić information content (AvgIpc) is 2.26. The van der Waals surface area contributed by atoms with Gasteiger partial charge < -0.3 is 5.32 Å². The minimum atomic E-state index is 0.279. The van der Waals surface area contributed by atoms with Gasteiger partial charge in [0, 0.05) is 10.8 Å². The molecule has 1 N–H and O–H groups in total. The van der Waals surface area contributed by atoms with Gasteiger partial charge in [-0.1, -0.05) is 38.1 Å². The van der Waals surface area contributed by atoms with E-state index in [-0.39, 0.29) is 5.54 Å². The Kier molecular flexibility index (Phi) is 4.97. The van der Waals surface area contributed by atoms with Crippen molar-refractivity contribution in [1.29, 1.82) is 0 Å². The van der Waals surface area contributed by atoms with Crippen LogP contribution < -0.4 is 5.32 Å². The van der Waals surface area contributed by atoms with Crippen LogP contribution in [-0.2, 0) is 6.42 Å². The summed E-state index contributed by atoms with van der Waals surface area (Å²) in [6.45, 7) is 10.2. The molecule has 1 aliphatic heterocycles. The topological polar surface area (TPSA) is 12.0 Å². The minimum absolute atomic E-state index is 0.279. The molecular formula is C17H27NS. The molecule has 1 aromatic carbocycles. The second kappa shape index (κ2) is 6.32. The summed E-state index contributed by atoms with van der Waals surface area (Å²) in [5.41, 5.74) is 3.15. The molecular weight excluding hydrogens is 250 g/mol. The van der Waals surface area contributed by atoms with Gasteiger partial charge in [-0.2, -0.15) is 11.8 Å². The molecule has 0 bridgehead atoms. The molecule has 0 amide bonds. The van der Waals surface area contributed by atoms with E-state index in [0.717, 1.165) is 18.2 Å². The molecule has 1 heterocycles. The van der Waals surface area contributed by atoms with Crippen molar-refractivity contribution in [1.82, 2.24) is 5.32 Å². The lowest BCUT2D eigenvalue weighted by Gasteiger charge is -2.40. The molecule has 0 aromatic heterocycles. The number of nitrogens with one attached hydrogen (secondary N) is 1. The third-order valence-electron chi connectivity index (χ3n) is 4.14. The highest BCUT2D eigenvalue weighted by Crippen LogP contribution is 2.35.